The number of hydrogen-bond acceptors (Lipinski definition) is 4. The summed E-state index contributed by atoms with van der Waals surface area (Å²) in [4.78, 5) is 11.5. The van der Waals surface area contributed by atoms with Crippen molar-refractivity contribution in [3.05, 3.63) is 41.5 Å². The number of nitrogens with zero attached hydrogens (tertiary/aromatic N) is 1. The van der Waals surface area contributed by atoms with E-state index in [4.69, 9.17) is 5.73 Å². The molecule has 0 bridgehead atoms. The Kier molecular flexibility index (Phi) is 3.20. The molecule has 0 radical (unpaired) electrons. The zero-order valence-corrected chi connectivity index (χ0v) is 9.47. The molecule has 4 N–H and O–H groups in total. The Morgan fingerprint density at radius 3 is 3.06 bits per heavy atom. The molecule has 1 heterocycles. The van der Waals surface area contributed by atoms with Crippen LogP contribution in [0.1, 0.15) is 15.9 Å². The molecule has 1 unspecified atom stereocenters. The summed E-state index contributed by atoms with van der Waals surface area (Å²) in [6, 6.07) is 7.33. The maximum Gasteiger partial charge on any atom is 0.251 e. The Labute approximate surface area is 99.4 Å². The maximum atomic E-state index is 11.5. The smallest absolute Gasteiger partial charge is 0.251 e. The van der Waals surface area contributed by atoms with E-state index in [1.807, 2.05) is 24.3 Å². The average Bonchev–Trinajstić information content (AvgIpc) is 2.38. The zero-order chi connectivity index (χ0) is 12.3. The molecule has 1 aromatic carbocycles. The van der Waals surface area contributed by atoms with E-state index >= 15 is 0 Å². The highest BCUT2D eigenvalue weighted by molar-refractivity contribution is 6.11. The lowest BCUT2D eigenvalue weighted by molar-refractivity contribution is 0.0963. The van der Waals surface area contributed by atoms with Crippen molar-refractivity contribution in [2.24, 2.45) is 10.8 Å². The summed E-state index contributed by atoms with van der Waals surface area (Å²) in [6.07, 6.45) is 3.25. The Morgan fingerprint density at radius 2 is 2.35 bits per heavy atom. The molecule has 0 saturated heterocycles. The molecular formula is C12H14N4O. The molecule has 88 valence electrons. The number of carbonyl (C=O) groups excluding carboxylic acids is 1. The van der Waals surface area contributed by atoms with Gasteiger partial charge in [-0.25, -0.2) is 0 Å². The number of amides is 1. The van der Waals surface area contributed by atoms with Gasteiger partial charge in [-0.05, 0) is 23.8 Å². The zero-order valence-electron chi connectivity index (χ0n) is 9.47. The van der Waals surface area contributed by atoms with Crippen molar-refractivity contribution < 1.29 is 4.79 Å². The summed E-state index contributed by atoms with van der Waals surface area (Å²) in [6.45, 7) is 0. The van der Waals surface area contributed by atoms with E-state index in [0.717, 1.165) is 11.1 Å². The van der Waals surface area contributed by atoms with Gasteiger partial charge in [0, 0.05) is 18.2 Å². The van der Waals surface area contributed by atoms with E-state index in [0.29, 0.717) is 5.56 Å². The molecule has 2 rings (SSSR count). The second-order valence-corrected chi connectivity index (χ2v) is 3.70. The fourth-order valence-corrected chi connectivity index (χ4v) is 1.62. The van der Waals surface area contributed by atoms with Crippen LogP contribution in [0.15, 0.2) is 35.4 Å². The van der Waals surface area contributed by atoms with Crippen molar-refractivity contribution in [1.82, 2.24) is 10.7 Å². The number of allylic oxidation sites excluding steroid dienone is 1. The number of nitrogens with one attached hydrogen (secondary N) is 2. The lowest BCUT2D eigenvalue weighted by Crippen LogP contribution is -2.34. The monoisotopic (exact) mass is 230 g/mol. The van der Waals surface area contributed by atoms with Crippen molar-refractivity contribution in [2.75, 3.05) is 7.05 Å². The first-order valence-corrected chi connectivity index (χ1v) is 5.29. The number of rotatable bonds is 2. The van der Waals surface area contributed by atoms with Gasteiger partial charge in [-0.1, -0.05) is 12.1 Å². The summed E-state index contributed by atoms with van der Waals surface area (Å²) >= 11 is 0. The topological polar surface area (TPSA) is 79.5 Å². The summed E-state index contributed by atoms with van der Waals surface area (Å²) in [5, 5.41) is 6.53. The largest absolute Gasteiger partial charge is 0.355 e. The van der Waals surface area contributed by atoms with Crippen LogP contribution in [0, 0.1) is 0 Å². The molecule has 17 heavy (non-hydrogen) atoms. The van der Waals surface area contributed by atoms with Gasteiger partial charge in [-0.2, -0.15) is 5.10 Å². The molecule has 1 aliphatic heterocycles. The minimum Gasteiger partial charge on any atom is -0.355 e. The third kappa shape index (κ3) is 2.51. The normalized spacial score (nSPS) is 18.2. The fourth-order valence-electron chi connectivity index (χ4n) is 1.62. The van der Waals surface area contributed by atoms with Crippen LogP contribution in [-0.2, 0) is 0 Å². The standard InChI is InChI=1S/C12H14N4O/c1-14-12(17)9-4-2-3-8(5-9)10-6-11(13)16-15-7-10/h2-7,11,16H,13H2,1H3,(H,14,17). The summed E-state index contributed by atoms with van der Waals surface area (Å²) in [5.41, 5.74) is 10.9. The van der Waals surface area contributed by atoms with Gasteiger partial charge in [-0.15, -0.1) is 0 Å². The number of hydrogen-bond donors (Lipinski definition) is 3. The molecule has 1 aromatic rings. The molecule has 1 amide bonds. The van der Waals surface area contributed by atoms with Gasteiger partial charge >= 0.3 is 0 Å². The second-order valence-electron chi connectivity index (χ2n) is 3.70. The molecule has 0 aromatic heterocycles. The third-order valence-corrected chi connectivity index (χ3v) is 2.47. The van der Waals surface area contributed by atoms with Crippen LogP contribution in [0.3, 0.4) is 0 Å². The van der Waals surface area contributed by atoms with Gasteiger partial charge in [0.1, 0.15) is 6.17 Å². The van der Waals surface area contributed by atoms with Crippen molar-refractivity contribution in [2.45, 2.75) is 6.17 Å². The van der Waals surface area contributed by atoms with Gasteiger partial charge in [0.2, 0.25) is 0 Å². The summed E-state index contributed by atoms with van der Waals surface area (Å²) < 4.78 is 0. The first kappa shape index (κ1) is 11.3. The molecule has 1 atom stereocenters. The quantitative estimate of drug-likeness (QED) is 0.683. The molecule has 5 nitrogen and oxygen atoms in total. The Morgan fingerprint density at radius 1 is 1.53 bits per heavy atom. The molecular weight excluding hydrogens is 216 g/mol. The summed E-state index contributed by atoms with van der Waals surface area (Å²) in [5.74, 6) is -0.109. The first-order valence-electron chi connectivity index (χ1n) is 5.29. The predicted octanol–water partition coefficient (Wildman–Crippen LogP) is 0.303. The Bertz CT molecular complexity index is 493. The highest BCUT2D eigenvalue weighted by Gasteiger charge is 2.09. The van der Waals surface area contributed by atoms with Crippen LogP contribution in [-0.4, -0.2) is 25.3 Å². The van der Waals surface area contributed by atoms with Crippen molar-refractivity contribution in [3.8, 4) is 0 Å². The number of carbonyl (C=O) groups is 1. The van der Waals surface area contributed by atoms with E-state index in [9.17, 15) is 4.79 Å². The predicted molar refractivity (Wildman–Crippen MR) is 67.4 cm³/mol. The van der Waals surface area contributed by atoms with Crippen LogP contribution in [0.5, 0.6) is 0 Å². The maximum absolute atomic E-state index is 11.5. The van der Waals surface area contributed by atoms with Crippen molar-refractivity contribution >= 4 is 17.7 Å². The van der Waals surface area contributed by atoms with Crippen LogP contribution in [0.4, 0.5) is 0 Å². The highest BCUT2D eigenvalue weighted by atomic mass is 16.1. The highest BCUT2D eigenvalue weighted by Crippen LogP contribution is 2.16. The third-order valence-electron chi connectivity index (χ3n) is 2.47. The van der Waals surface area contributed by atoms with Crippen molar-refractivity contribution in [1.29, 1.82) is 0 Å². The minimum atomic E-state index is -0.293. The second kappa shape index (κ2) is 4.80. The lowest BCUT2D eigenvalue weighted by Gasteiger charge is -2.14. The van der Waals surface area contributed by atoms with Crippen molar-refractivity contribution in [3.63, 3.8) is 0 Å². The minimum absolute atomic E-state index is 0.109. The Balaban J connectivity index is 2.33. The van der Waals surface area contributed by atoms with Crippen LogP contribution < -0.4 is 16.5 Å². The van der Waals surface area contributed by atoms with Gasteiger partial charge in [0.15, 0.2) is 0 Å². The Hall–Kier alpha value is -2.14. The van der Waals surface area contributed by atoms with Gasteiger partial charge < -0.3 is 11.1 Å². The van der Waals surface area contributed by atoms with E-state index in [-0.39, 0.29) is 12.1 Å². The molecule has 0 aliphatic carbocycles. The van der Waals surface area contributed by atoms with Crippen LogP contribution >= 0.6 is 0 Å². The van der Waals surface area contributed by atoms with Gasteiger partial charge in [0.25, 0.3) is 5.91 Å². The average molecular weight is 230 g/mol. The van der Waals surface area contributed by atoms with Gasteiger partial charge in [0.05, 0.1) is 6.21 Å². The number of hydrazone groups is 1. The molecule has 0 spiro atoms. The molecule has 0 fully saturated rings. The SMILES string of the molecule is CNC(=O)c1cccc(C2=CC(N)NN=C2)c1. The number of nitrogens with two attached hydrogens (primary N) is 1. The van der Waals surface area contributed by atoms with Gasteiger partial charge in [-0.3, -0.25) is 10.2 Å². The molecule has 5 heteroatoms. The van der Waals surface area contributed by atoms with Crippen LogP contribution in [0.25, 0.3) is 5.57 Å². The van der Waals surface area contributed by atoms with E-state index in [1.54, 1.807) is 19.3 Å². The number of benzene rings is 1. The lowest BCUT2D eigenvalue weighted by atomic mass is 10.0. The molecule has 1 aliphatic rings. The fraction of sp³-hybridized carbons (Fsp3) is 0.167. The molecule has 0 saturated carbocycles. The van der Waals surface area contributed by atoms with E-state index < -0.39 is 0 Å². The van der Waals surface area contributed by atoms with E-state index in [2.05, 4.69) is 15.8 Å². The summed E-state index contributed by atoms with van der Waals surface area (Å²) in [7, 11) is 1.61. The van der Waals surface area contributed by atoms with E-state index in [1.165, 1.54) is 0 Å². The first-order chi connectivity index (χ1) is 8.20. The van der Waals surface area contributed by atoms with Crippen LogP contribution in [0.2, 0.25) is 0 Å².